The van der Waals surface area contributed by atoms with Crippen LogP contribution in [0.15, 0.2) is 10.5 Å². The second kappa shape index (κ2) is 9.41. The van der Waals surface area contributed by atoms with Crippen molar-refractivity contribution < 1.29 is 29.2 Å². The number of carboxylic acids is 1. The first-order valence-corrected chi connectivity index (χ1v) is 7.09. The number of hydrogen-bond donors (Lipinski definition) is 3. The van der Waals surface area contributed by atoms with E-state index in [1.54, 1.807) is 0 Å². The topological polar surface area (TPSA) is 156 Å². The average molecular weight is 383 g/mol. The minimum absolute atomic E-state index is 0. The zero-order valence-electron chi connectivity index (χ0n) is 11.9. The number of nitrogens with zero attached hydrogens (tertiary/aromatic N) is 3. The SMILES string of the molecule is CO/N=C(\C(=O)NC1CN(OCC(=O)O)C1=O)c1csc(N)n1.[KH]. The molecule has 4 N–H and O–H groups in total. The van der Waals surface area contributed by atoms with E-state index in [1.807, 2.05) is 0 Å². The Morgan fingerprint density at radius 3 is 2.83 bits per heavy atom. The van der Waals surface area contributed by atoms with Crippen LogP contribution in [-0.2, 0) is 24.1 Å². The van der Waals surface area contributed by atoms with Gasteiger partial charge < -0.3 is 21.0 Å². The van der Waals surface area contributed by atoms with E-state index >= 15 is 0 Å². The minimum atomic E-state index is -1.21. The van der Waals surface area contributed by atoms with E-state index < -0.39 is 30.4 Å². The molecule has 0 aliphatic carbocycles. The fourth-order valence-corrected chi connectivity index (χ4v) is 2.22. The summed E-state index contributed by atoms with van der Waals surface area (Å²) in [7, 11) is 1.26. The molecule has 2 rings (SSSR count). The predicted octanol–water partition coefficient (Wildman–Crippen LogP) is -2.23. The number of carbonyl (C=O) groups is 3. The summed E-state index contributed by atoms with van der Waals surface area (Å²) in [6.45, 7) is -0.613. The molecular weight excluding hydrogens is 369 g/mol. The van der Waals surface area contributed by atoms with Gasteiger partial charge in [-0.05, 0) is 0 Å². The van der Waals surface area contributed by atoms with Gasteiger partial charge in [-0.1, -0.05) is 5.16 Å². The van der Waals surface area contributed by atoms with Crippen LogP contribution in [0.2, 0.25) is 0 Å². The molecule has 1 aliphatic rings. The first kappa shape index (κ1) is 21.0. The van der Waals surface area contributed by atoms with Gasteiger partial charge in [-0.15, -0.1) is 11.3 Å². The Labute approximate surface area is 182 Å². The van der Waals surface area contributed by atoms with Crippen molar-refractivity contribution in [1.29, 1.82) is 0 Å². The van der Waals surface area contributed by atoms with Crippen molar-refractivity contribution in [2.45, 2.75) is 6.04 Å². The molecule has 0 bridgehead atoms. The number of thiazole rings is 1. The molecule has 2 heterocycles. The van der Waals surface area contributed by atoms with Gasteiger partial charge in [0.05, 0.1) is 6.54 Å². The van der Waals surface area contributed by atoms with Gasteiger partial charge in [0.25, 0.3) is 11.8 Å². The van der Waals surface area contributed by atoms with Crippen molar-refractivity contribution in [2.75, 3.05) is 26.0 Å². The van der Waals surface area contributed by atoms with Crippen molar-refractivity contribution in [1.82, 2.24) is 15.4 Å². The van der Waals surface area contributed by atoms with Crippen LogP contribution in [0, 0.1) is 0 Å². The molecule has 1 aromatic rings. The van der Waals surface area contributed by atoms with Crippen molar-refractivity contribution >= 4 is 91.3 Å². The summed E-state index contributed by atoms with van der Waals surface area (Å²) in [5.74, 6) is -2.44. The first-order valence-electron chi connectivity index (χ1n) is 6.22. The van der Waals surface area contributed by atoms with Crippen molar-refractivity contribution in [2.24, 2.45) is 5.16 Å². The summed E-state index contributed by atoms with van der Waals surface area (Å²) in [5, 5.41) is 17.1. The number of carboxylic acid groups (broad SMARTS) is 1. The molecule has 2 amide bonds. The fourth-order valence-electron chi connectivity index (χ4n) is 1.67. The summed E-state index contributed by atoms with van der Waals surface area (Å²) < 4.78 is 0. The predicted molar refractivity (Wildman–Crippen MR) is 84.5 cm³/mol. The number of anilines is 1. The Balaban J connectivity index is 0.00000288. The number of nitrogen functional groups attached to an aromatic ring is 1. The van der Waals surface area contributed by atoms with Gasteiger partial charge in [0.2, 0.25) is 0 Å². The maximum absolute atomic E-state index is 12.2. The van der Waals surface area contributed by atoms with Crippen LogP contribution in [0.25, 0.3) is 0 Å². The number of oxime groups is 1. The van der Waals surface area contributed by atoms with Crippen LogP contribution in [0.3, 0.4) is 0 Å². The maximum atomic E-state index is 12.2. The molecule has 0 spiro atoms. The Kier molecular flexibility index (Phi) is 8.21. The van der Waals surface area contributed by atoms with Gasteiger partial charge in [-0.3, -0.25) is 14.4 Å². The molecular formula is C11H14KN5O6S. The van der Waals surface area contributed by atoms with E-state index in [0.29, 0.717) is 0 Å². The average Bonchev–Trinajstić information content (AvgIpc) is 2.92. The number of hydroxylamine groups is 2. The second-order valence-corrected chi connectivity index (χ2v) is 5.18. The van der Waals surface area contributed by atoms with Crippen molar-refractivity contribution in [3.8, 4) is 0 Å². The molecule has 1 aromatic heterocycles. The molecule has 1 unspecified atom stereocenters. The molecule has 126 valence electrons. The summed E-state index contributed by atoms with van der Waals surface area (Å²) in [6.07, 6.45) is 0. The number of hydrogen-bond acceptors (Lipinski definition) is 9. The molecule has 1 aliphatic heterocycles. The van der Waals surface area contributed by atoms with Gasteiger partial charge in [-0.25, -0.2) is 14.8 Å². The Hall–Kier alpha value is -1.09. The third-order valence-electron chi connectivity index (χ3n) is 2.70. The van der Waals surface area contributed by atoms with Crippen LogP contribution in [-0.4, -0.2) is 116 Å². The van der Waals surface area contributed by atoms with Crippen molar-refractivity contribution in [3.63, 3.8) is 0 Å². The molecule has 0 saturated carbocycles. The molecule has 1 atom stereocenters. The Bertz CT molecular complexity index is 665. The number of aromatic nitrogens is 1. The number of rotatable bonds is 7. The Morgan fingerprint density at radius 2 is 2.33 bits per heavy atom. The standard InChI is InChI=1S/C11H13N5O6S.K.H/c1-21-15-8(6-4-23-11(12)14-6)9(19)13-5-2-16(10(5)20)22-3-7(17)18;;/h4-5H,2-3H2,1H3,(H2,12,14)(H,13,19)(H,17,18);;/b15-8-;;. The Morgan fingerprint density at radius 1 is 1.62 bits per heavy atom. The quantitative estimate of drug-likeness (QED) is 0.207. The molecule has 1 fully saturated rings. The normalized spacial score (nSPS) is 16.9. The molecule has 1 saturated heterocycles. The summed E-state index contributed by atoms with van der Waals surface area (Å²) in [4.78, 5) is 47.5. The summed E-state index contributed by atoms with van der Waals surface area (Å²) in [6, 6.07) is -0.839. The number of β-lactam (4-membered cyclic amide) rings is 1. The zero-order valence-corrected chi connectivity index (χ0v) is 12.7. The van der Waals surface area contributed by atoms with Crippen LogP contribution >= 0.6 is 11.3 Å². The van der Waals surface area contributed by atoms with Gasteiger partial charge >= 0.3 is 57.4 Å². The summed E-state index contributed by atoms with van der Waals surface area (Å²) >= 11 is 1.12. The number of nitrogens with one attached hydrogen (secondary N) is 1. The third-order valence-corrected chi connectivity index (χ3v) is 3.38. The third kappa shape index (κ3) is 5.20. The van der Waals surface area contributed by atoms with Crippen LogP contribution < -0.4 is 11.1 Å². The van der Waals surface area contributed by atoms with Crippen LogP contribution in [0.1, 0.15) is 5.69 Å². The van der Waals surface area contributed by atoms with Crippen LogP contribution in [0.4, 0.5) is 5.13 Å². The summed E-state index contributed by atoms with van der Waals surface area (Å²) in [5.41, 5.74) is 5.60. The molecule has 24 heavy (non-hydrogen) atoms. The molecule has 11 nitrogen and oxygen atoms in total. The van der Waals surface area contributed by atoms with E-state index in [-0.39, 0.29) is 74.5 Å². The van der Waals surface area contributed by atoms with E-state index in [2.05, 4.69) is 20.3 Å². The van der Waals surface area contributed by atoms with Crippen LogP contribution in [0.5, 0.6) is 0 Å². The second-order valence-electron chi connectivity index (χ2n) is 4.29. The molecule has 0 aromatic carbocycles. The first-order chi connectivity index (χ1) is 10.9. The van der Waals surface area contributed by atoms with E-state index in [0.717, 1.165) is 16.4 Å². The van der Waals surface area contributed by atoms with Gasteiger partial charge in [0, 0.05) is 5.38 Å². The number of nitrogens with two attached hydrogens (primary N) is 1. The molecule has 0 radical (unpaired) electrons. The number of carbonyl (C=O) groups excluding carboxylic acids is 2. The van der Waals surface area contributed by atoms with Gasteiger partial charge in [0.15, 0.2) is 17.5 Å². The van der Waals surface area contributed by atoms with Crippen molar-refractivity contribution in [3.05, 3.63) is 11.1 Å². The monoisotopic (exact) mass is 383 g/mol. The van der Waals surface area contributed by atoms with E-state index in [1.165, 1.54) is 12.5 Å². The van der Waals surface area contributed by atoms with E-state index in [9.17, 15) is 14.4 Å². The van der Waals surface area contributed by atoms with E-state index in [4.69, 9.17) is 15.7 Å². The zero-order chi connectivity index (χ0) is 17.0. The van der Waals surface area contributed by atoms with Gasteiger partial charge in [-0.2, -0.15) is 0 Å². The fraction of sp³-hybridized carbons (Fsp3) is 0.364. The van der Waals surface area contributed by atoms with Gasteiger partial charge in [0.1, 0.15) is 18.8 Å². The number of aliphatic carboxylic acids is 1. The molecule has 13 heteroatoms. The number of amides is 2.